The number of aryl methyl sites for hydroxylation is 2. The molecule has 1 heterocycles. The molecule has 10 rings (SSSR count). The second kappa shape index (κ2) is 20.0. The fourth-order valence-electron chi connectivity index (χ4n) is 12.0. The van der Waals surface area contributed by atoms with Crippen LogP contribution in [0.25, 0.3) is 66.1 Å². The first-order chi connectivity index (χ1) is 34.3. The molecule has 0 aromatic heterocycles. The van der Waals surface area contributed by atoms with Crippen molar-refractivity contribution in [1.29, 1.82) is 0 Å². The van der Waals surface area contributed by atoms with Crippen LogP contribution in [-0.2, 0) is 4.79 Å². The Morgan fingerprint density at radius 2 is 0.718 bits per heavy atom. The van der Waals surface area contributed by atoms with Gasteiger partial charge in [0, 0.05) is 24.2 Å². The van der Waals surface area contributed by atoms with E-state index in [2.05, 4.69) is 245 Å². The second-order valence-electron chi connectivity index (χ2n) is 21.5. The summed E-state index contributed by atoms with van der Waals surface area (Å²) >= 11 is 0. The van der Waals surface area contributed by atoms with Crippen molar-refractivity contribution in [3.05, 3.63) is 220 Å². The number of carbonyl (C=O) groups is 1. The highest BCUT2D eigenvalue weighted by Gasteiger charge is 2.43. The maximum absolute atomic E-state index is 15.0. The lowest BCUT2D eigenvalue weighted by molar-refractivity contribution is -0.119. The number of fused-ring (bicyclic) bond motifs is 2. The van der Waals surface area contributed by atoms with Gasteiger partial charge in [0.1, 0.15) is 5.78 Å². The number of hydrogen-bond acceptors (Lipinski definition) is 1. The summed E-state index contributed by atoms with van der Waals surface area (Å²) in [5.41, 5.74) is 21.1. The first-order valence-corrected chi connectivity index (χ1v) is 27.6. The average molecular weight is 945 g/mol. The minimum atomic E-state index is -1.17. The Hall–Kier alpha value is -6.40. The standard InChI is InChI=1S/C69H69OP/c1-42(2)61-36-50(53-28-15-11-22-46(53)9)37-62(43(3)4)67(61)59-34-21-35-60(68-63(44(5)6)38-51(39-64(68)45(7)8)54-29-16-12-23-47(54)10)69(59)71-65(57-32-19-26-48-24-13-17-30-55(48)57)40-52(70)41-66(71)58-33-20-27-49-25-14-18-31-56(49)58/h11-39,42-45,65-66H,40-41H2,1-10H3. The molecule has 9 aromatic rings. The summed E-state index contributed by atoms with van der Waals surface area (Å²) in [4.78, 5) is 15.0. The van der Waals surface area contributed by atoms with E-state index in [1.165, 1.54) is 116 Å². The normalized spacial score (nSPS) is 16.3. The van der Waals surface area contributed by atoms with Crippen LogP contribution < -0.4 is 5.30 Å². The Balaban J connectivity index is 1.40. The van der Waals surface area contributed by atoms with Crippen molar-refractivity contribution in [3.63, 3.8) is 0 Å². The Labute approximate surface area is 425 Å². The first-order valence-electron chi connectivity index (χ1n) is 26.2. The molecule has 1 fully saturated rings. The van der Waals surface area contributed by atoms with Crippen molar-refractivity contribution in [2.75, 3.05) is 0 Å². The summed E-state index contributed by atoms with van der Waals surface area (Å²) in [6.45, 7) is 23.6. The number of ketones is 1. The fourth-order valence-corrected chi connectivity index (χ4v) is 15.8. The van der Waals surface area contributed by atoms with E-state index in [1.807, 2.05) is 0 Å². The summed E-state index contributed by atoms with van der Waals surface area (Å²) in [6, 6.07) is 66.5. The van der Waals surface area contributed by atoms with Crippen LogP contribution in [0.4, 0.5) is 0 Å². The zero-order valence-electron chi connectivity index (χ0n) is 43.5. The second-order valence-corrected chi connectivity index (χ2v) is 24.0. The molecule has 2 heteroatoms. The van der Waals surface area contributed by atoms with Gasteiger partial charge in [-0.25, -0.2) is 0 Å². The highest BCUT2D eigenvalue weighted by molar-refractivity contribution is 7.67. The van der Waals surface area contributed by atoms with Crippen LogP contribution in [0.15, 0.2) is 176 Å². The third kappa shape index (κ3) is 9.02. The molecule has 0 spiro atoms. The van der Waals surface area contributed by atoms with Gasteiger partial charge < -0.3 is 0 Å². The van der Waals surface area contributed by atoms with Crippen LogP contribution in [0.1, 0.15) is 148 Å². The monoisotopic (exact) mass is 945 g/mol. The SMILES string of the molecule is Cc1ccccc1-c1cc(C(C)C)c(-c2cccc(-c3c(C(C)C)cc(-c4ccccc4C)cc3C(C)C)c2P2C(c3cccc4ccccc34)CC(=O)CC2c2cccc3ccccc23)c(C(C)C)c1. The molecule has 1 saturated heterocycles. The summed E-state index contributed by atoms with van der Waals surface area (Å²) in [7, 11) is -1.17. The van der Waals surface area contributed by atoms with Crippen molar-refractivity contribution < 1.29 is 4.79 Å². The van der Waals surface area contributed by atoms with E-state index in [0.29, 0.717) is 18.6 Å². The Kier molecular flexibility index (Phi) is 13.6. The van der Waals surface area contributed by atoms with Crippen LogP contribution in [0, 0.1) is 13.8 Å². The van der Waals surface area contributed by atoms with Crippen molar-refractivity contribution in [3.8, 4) is 44.5 Å². The Bertz CT molecular complexity index is 3170. The van der Waals surface area contributed by atoms with E-state index in [0.717, 1.165) is 0 Å². The zero-order chi connectivity index (χ0) is 49.7. The third-order valence-corrected chi connectivity index (χ3v) is 18.8. The molecular formula is C69H69OP. The lowest BCUT2D eigenvalue weighted by atomic mass is 9.79. The molecule has 0 saturated carbocycles. The molecule has 71 heavy (non-hydrogen) atoms. The van der Waals surface area contributed by atoms with Gasteiger partial charge in [0.15, 0.2) is 0 Å². The summed E-state index contributed by atoms with van der Waals surface area (Å²) in [5, 5.41) is 6.38. The molecule has 0 radical (unpaired) electrons. The zero-order valence-corrected chi connectivity index (χ0v) is 44.4. The fraction of sp³-hybridized carbons (Fsp3) is 0.261. The molecule has 356 valence electrons. The molecule has 9 aromatic carbocycles. The van der Waals surface area contributed by atoms with Crippen LogP contribution in [0.5, 0.6) is 0 Å². The van der Waals surface area contributed by atoms with E-state index < -0.39 is 7.92 Å². The van der Waals surface area contributed by atoms with E-state index >= 15 is 0 Å². The summed E-state index contributed by atoms with van der Waals surface area (Å²) < 4.78 is 0. The highest BCUT2D eigenvalue weighted by atomic mass is 31.1. The van der Waals surface area contributed by atoms with Gasteiger partial charge >= 0.3 is 0 Å². The highest BCUT2D eigenvalue weighted by Crippen LogP contribution is 2.69. The van der Waals surface area contributed by atoms with Crippen LogP contribution in [-0.4, -0.2) is 5.78 Å². The minimum absolute atomic E-state index is 0.0336. The molecule has 0 bridgehead atoms. The van der Waals surface area contributed by atoms with Crippen LogP contribution in [0.3, 0.4) is 0 Å². The quantitative estimate of drug-likeness (QED) is 0.118. The Morgan fingerprint density at radius 1 is 0.394 bits per heavy atom. The van der Waals surface area contributed by atoms with E-state index in [1.54, 1.807) is 0 Å². The van der Waals surface area contributed by atoms with Gasteiger partial charge in [-0.15, -0.1) is 0 Å². The maximum Gasteiger partial charge on any atom is 0.134 e. The number of rotatable bonds is 11. The Morgan fingerprint density at radius 3 is 1.10 bits per heavy atom. The van der Waals surface area contributed by atoms with Crippen molar-refractivity contribution >= 4 is 40.6 Å². The van der Waals surface area contributed by atoms with E-state index in [4.69, 9.17) is 0 Å². The number of carbonyl (C=O) groups excluding carboxylic acids is 1. The topological polar surface area (TPSA) is 17.1 Å². The molecule has 0 N–H and O–H groups in total. The van der Waals surface area contributed by atoms with Gasteiger partial charge in [-0.3, -0.25) is 4.79 Å². The lowest BCUT2D eigenvalue weighted by Gasteiger charge is -2.42. The van der Waals surface area contributed by atoms with E-state index in [9.17, 15) is 4.79 Å². The van der Waals surface area contributed by atoms with Gasteiger partial charge in [-0.2, -0.15) is 0 Å². The van der Waals surface area contributed by atoms with Crippen LogP contribution in [0.2, 0.25) is 0 Å². The molecule has 2 unspecified atom stereocenters. The molecule has 1 aliphatic heterocycles. The maximum atomic E-state index is 15.0. The van der Waals surface area contributed by atoms with Crippen molar-refractivity contribution in [2.24, 2.45) is 0 Å². The number of Topliss-reactive ketones (excluding diaryl/α,β-unsaturated/α-hetero) is 1. The first kappa shape index (κ1) is 48.2. The van der Waals surface area contributed by atoms with Crippen molar-refractivity contribution in [1.82, 2.24) is 0 Å². The predicted octanol–water partition coefficient (Wildman–Crippen LogP) is 19.7. The predicted molar refractivity (Wildman–Crippen MR) is 308 cm³/mol. The molecular weight excluding hydrogens is 876 g/mol. The summed E-state index contributed by atoms with van der Waals surface area (Å²) in [6.07, 6.45) is 1.02. The molecule has 0 aliphatic carbocycles. The average Bonchev–Trinajstić information content (AvgIpc) is 3.37. The summed E-state index contributed by atoms with van der Waals surface area (Å²) in [5.74, 6) is 1.34. The molecule has 0 amide bonds. The third-order valence-electron chi connectivity index (χ3n) is 15.5. The van der Waals surface area contributed by atoms with Crippen molar-refractivity contribution in [2.45, 2.75) is 117 Å². The van der Waals surface area contributed by atoms with Crippen LogP contribution >= 0.6 is 7.92 Å². The molecule has 2 atom stereocenters. The largest absolute Gasteiger partial charge is 0.300 e. The smallest absolute Gasteiger partial charge is 0.134 e. The van der Waals surface area contributed by atoms with Gasteiger partial charge in [-0.1, -0.05) is 239 Å². The number of hydrogen-bond donors (Lipinski definition) is 0. The molecule has 1 nitrogen and oxygen atoms in total. The van der Waals surface area contributed by atoms with Gasteiger partial charge in [0.2, 0.25) is 0 Å². The van der Waals surface area contributed by atoms with Gasteiger partial charge in [-0.05, 0) is 153 Å². The van der Waals surface area contributed by atoms with Gasteiger partial charge in [0.05, 0.1) is 0 Å². The van der Waals surface area contributed by atoms with E-state index in [-0.39, 0.29) is 35.0 Å². The number of benzene rings is 9. The lowest BCUT2D eigenvalue weighted by Crippen LogP contribution is -2.27. The molecule has 1 aliphatic rings. The minimum Gasteiger partial charge on any atom is -0.300 e. The van der Waals surface area contributed by atoms with Gasteiger partial charge in [0.25, 0.3) is 0 Å².